The van der Waals surface area contributed by atoms with Crippen LogP contribution >= 0.6 is 0 Å². The lowest BCUT2D eigenvalue weighted by atomic mass is 10.1. The summed E-state index contributed by atoms with van der Waals surface area (Å²) in [5.74, 6) is -0.0460. The van der Waals surface area contributed by atoms with E-state index in [4.69, 9.17) is 4.74 Å². The highest BCUT2D eigenvalue weighted by molar-refractivity contribution is 5.75. The first-order chi connectivity index (χ1) is 10.2. The maximum atomic E-state index is 11.3. The highest BCUT2D eigenvalue weighted by atomic mass is 16.5. The van der Waals surface area contributed by atoms with E-state index in [0.717, 1.165) is 23.3 Å². The molecule has 2 N–H and O–H groups in total. The normalized spacial score (nSPS) is 11.9. The van der Waals surface area contributed by atoms with Crippen LogP contribution in [0.3, 0.4) is 0 Å². The molecular weight excluding hydrogens is 266 g/mol. The van der Waals surface area contributed by atoms with Gasteiger partial charge in [-0.2, -0.15) is 0 Å². The molecule has 0 saturated carbocycles. The van der Waals surface area contributed by atoms with E-state index in [1.54, 1.807) is 7.11 Å². The molecule has 110 valence electrons. The number of benzene rings is 2. The summed E-state index contributed by atoms with van der Waals surface area (Å²) in [5, 5.41) is 12.4. The molecular formula is C17H19NO3. The summed E-state index contributed by atoms with van der Waals surface area (Å²) >= 11 is 0. The zero-order valence-electron chi connectivity index (χ0n) is 12.0. The van der Waals surface area contributed by atoms with Gasteiger partial charge in [-0.3, -0.25) is 4.79 Å². The molecule has 4 nitrogen and oxygen atoms in total. The average Bonchev–Trinajstić information content (AvgIpc) is 2.52. The number of rotatable bonds is 7. The van der Waals surface area contributed by atoms with Crippen LogP contribution in [0.5, 0.6) is 5.75 Å². The highest BCUT2D eigenvalue weighted by Crippen LogP contribution is 2.14. The van der Waals surface area contributed by atoms with Crippen molar-refractivity contribution in [3.63, 3.8) is 0 Å². The molecule has 0 saturated heterocycles. The van der Waals surface area contributed by atoms with E-state index in [1.807, 2.05) is 54.6 Å². The van der Waals surface area contributed by atoms with Gasteiger partial charge >= 0.3 is 5.97 Å². The fourth-order valence-corrected chi connectivity index (χ4v) is 2.15. The molecule has 21 heavy (non-hydrogen) atoms. The maximum absolute atomic E-state index is 11.3. The second kappa shape index (κ2) is 7.45. The molecule has 4 heteroatoms. The molecule has 0 radical (unpaired) electrons. The van der Waals surface area contributed by atoms with Crippen LogP contribution in [0.15, 0.2) is 54.6 Å². The third kappa shape index (κ3) is 4.33. The van der Waals surface area contributed by atoms with E-state index in [-0.39, 0.29) is 0 Å². The maximum Gasteiger partial charge on any atom is 0.325 e. The summed E-state index contributed by atoms with van der Waals surface area (Å²) in [7, 11) is 1.63. The average molecular weight is 285 g/mol. The molecule has 2 rings (SSSR count). The minimum atomic E-state index is -0.865. The molecule has 0 aliphatic heterocycles. The van der Waals surface area contributed by atoms with Gasteiger partial charge in [0, 0.05) is 6.54 Å². The summed E-state index contributed by atoms with van der Waals surface area (Å²) < 4.78 is 5.11. The number of methoxy groups -OCH3 is 1. The molecule has 2 aromatic carbocycles. The molecule has 0 aromatic heterocycles. The van der Waals surface area contributed by atoms with Crippen molar-refractivity contribution in [3.05, 3.63) is 65.7 Å². The third-order valence-electron chi connectivity index (χ3n) is 3.30. The predicted octanol–water partition coefficient (Wildman–Crippen LogP) is 2.65. The number of nitrogens with one attached hydrogen (secondary N) is 1. The third-order valence-corrected chi connectivity index (χ3v) is 3.30. The van der Waals surface area contributed by atoms with Gasteiger partial charge in [0.15, 0.2) is 0 Å². The Morgan fingerprint density at radius 3 is 2.38 bits per heavy atom. The highest BCUT2D eigenvalue weighted by Gasteiger charge is 2.18. The SMILES string of the molecule is COc1ccc(CCNC(C(=O)O)c2ccccc2)cc1. The second-order valence-corrected chi connectivity index (χ2v) is 4.73. The molecule has 0 aliphatic carbocycles. The molecule has 0 bridgehead atoms. The minimum Gasteiger partial charge on any atom is -0.497 e. The van der Waals surface area contributed by atoms with Crippen molar-refractivity contribution in [2.75, 3.05) is 13.7 Å². The molecule has 0 heterocycles. The standard InChI is InChI=1S/C17H19NO3/c1-21-15-9-7-13(8-10-15)11-12-18-16(17(19)20)14-5-3-2-4-6-14/h2-10,16,18H,11-12H2,1H3,(H,19,20). The van der Waals surface area contributed by atoms with Crippen LogP contribution in [0.25, 0.3) is 0 Å². The van der Waals surface area contributed by atoms with E-state index >= 15 is 0 Å². The van der Waals surface area contributed by atoms with Crippen molar-refractivity contribution in [1.82, 2.24) is 5.32 Å². The van der Waals surface area contributed by atoms with E-state index in [2.05, 4.69) is 5.32 Å². The van der Waals surface area contributed by atoms with Gasteiger partial charge in [0.25, 0.3) is 0 Å². The Kier molecular flexibility index (Phi) is 5.35. The Hall–Kier alpha value is -2.33. The topological polar surface area (TPSA) is 58.6 Å². The molecule has 0 spiro atoms. The summed E-state index contributed by atoms with van der Waals surface area (Å²) in [6, 6.07) is 16.3. The van der Waals surface area contributed by atoms with E-state index < -0.39 is 12.0 Å². The minimum absolute atomic E-state index is 0.595. The molecule has 0 amide bonds. The van der Waals surface area contributed by atoms with Gasteiger partial charge in [-0.15, -0.1) is 0 Å². The second-order valence-electron chi connectivity index (χ2n) is 4.73. The van der Waals surface area contributed by atoms with Crippen molar-refractivity contribution in [2.24, 2.45) is 0 Å². The van der Waals surface area contributed by atoms with Crippen molar-refractivity contribution < 1.29 is 14.6 Å². The smallest absolute Gasteiger partial charge is 0.325 e. The lowest BCUT2D eigenvalue weighted by Gasteiger charge is -2.14. The van der Waals surface area contributed by atoms with Crippen LogP contribution < -0.4 is 10.1 Å². The Bertz CT molecular complexity index is 566. The van der Waals surface area contributed by atoms with Gasteiger partial charge in [0.05, 0.1) is 7.11 Å². The zero-order chi connectivity index (χ0) is 15.1. The fraction of sp³-hybridized carbons (Fsp3) is 0.235. The van der Waals surface area contributed by atoms with Crippen LogP contribution in [-0.4, -0.2) is 24.7 Å². The van der Waals surface area contributed by atoms with E-state index in [1.165, 1.54) is 0 Å². The number of hydrogen-bond acceptors (Lipinski definition) is 3. The fourth-order valence-electron chi connectivity index (χ4n) is 2.15. The summed E-state index contributed by atoms with van der Waals surface area (Å²) in [4.78, 5) is 11.3. The van der Waals surface area contributed by atoms with Crippen LogP contribution in [0.4, 0.5) is 0 Å². The number of carbonyl (C=O) groups is 1. The molecule has 0 aliphatic rings. The monoisotopic (exact) mass is 285 g/mol. The first kappa shape index (κ1) is 15.1. The number of aliphatic carboxylic acids is 1. The lowest BCUT2D eigenvalue weighted by molar-refractivity contribution is -0.139. The number of hydrogen-bond donors (Lipinski definition) is 2. The van der Waals surface area contributed by atoms with Gasteiger partial charge in [0.2, 0.25) is 0 Å². The Morgan fingerprint density at radius 2 is 1.81 bits per heavy atom. The van der Waals surface area contributed by atoms with Crippen LogP contribution in [0.1, 0.15) is 17.2 Å². The van der Waals surface area contributed by atoms with Gasteiger partial charge in [-0.05, 0) is 29.7 Å². The molecule has 0 fully saturated rings. The zero-order valence-corrected chi connectivity index (χ0v) is 12.0. The Balaban J connectivity index is 1.92. The quantitative estimate of drug-likeness (QED) is 0.821. The van der Waals surface area contributed by atoms with Gasteiger partial charge in [0.1, 0.15) is 11.8 Å². The van der Waals surface area contributed by atoms with Crippen molar-refractivity contribution in [1.29, 1.82) is 0 Å². The summed E-state index contributed by atoms with van der Waals surface area (Å²) in [6.07, 6.45) is 0.764. The first-order valence-corrected chi connectivity index (χ1v) is 6.85. The Labute approximate surface area is 124 Å². The lowest BCUT2D eigenvalue weighted by Crippen LogP contribution is -2.30. The summed E-state index contributed by atoms with van der Waals surface area (Å²) in [5.41, 5.74) is 1.90. The van der Waals surface area contributed by atoms with E-state index in [0.29, 0.717) is 6.54 Å². The largest absolute Gasteiger partial charge is 0.497 e. The number of carboxylic acids is 1. The first-order valence-electron chi connectivity index (χ1n) is 6.85. The molecule has 2 aromatic rings. The van der Waals surface area contributed by atoms with E-state index in [9.17, 15) is 9.90 Å². The predicted molar refractivity (Wildman–Crippen MR) is 81.5 cm³/mol. The van der Waals surface area contributed by atoms with Crippen molar-refractivity contribution in [2.45, 2.75) is 12.5 Å². The molecule has 1 unspecified atom stereocenters. The van der Waals surface area contributed by atoms with Crippen LogP contribution in [0, 0.1) is 0 Å². The Morgan fingerprint density at radius 1 is 1.14 bits per heavy atom. The number of ether oxygens (including phenoxy) is 1. The van der Waals surface area contributed by atoms with Crippen molar-refractivity contribution >= 4 is 5.97 Å². The van der Waals surface area contributed by atoms with Gasteiger partial charge < -0.3 is 15.2 Å². The van der Waals surface area contributed by atoms with Crippen molar-refractivity contribution in [3.8, 4) is 5.75 Å². The molecule has 1 atom stereocenters. The van der Waals surface area contributed by atoms with Gasteiger partial charge in [-0.1, -0.05) is 42.5 Å². The number of carboxylic acid groups (broad SMARTS) is 1. The van der Waals surface area contributed by atoms with Gasteiger partial charge in [-0.25, -0.2) is 0 Å². The van der Waals surface area contributed by atoms with Crippen LogP contribution in [-0.2, 0) is 11.2 Å². The summed E-state index contributed by atoms with van der Waals surface area (Å²) in [6.45, 7) is 0.595. The van der Waals surface area contributed by atoms with Crippen LogP contribution in [0.2, 0.25) is 0 Å².